The smallest absolute Gasteiger partial charge is 0.223 e. The second-order valence-corrected chi connectivity index (χ2v) is 3.93. The molecule has 1 N–H and O–H groups in total. The maximum Gasteiger partial charge on any atom is 0.223 e. The number of benzene rings is 1. The van der Waals surface area contributed by atoms with E-state index in [1.165, 1.54) is 16.7 Å². The Morgan fingerprint density at radius 1 is 1.17 bits per heavy atom. The van der Waals surface area contributed by atoms with Crippen LogP contribution in [-0.2, 0) is 6.42 Å². The van der Waals surface area contributed by atoms with Crippen molar-refractivity contribution in [2.75, 3.05) is 11.9 Å². The summed E-state index contributed by atoms with van der Waals surface area (Å²) in [6.07, 6.45) is 2.89. The molecule has 0 spiro atoms. The van der Waals surface area contributed by atoms with Crippen molar-refractivity contribution in [3.8, 4) is 11.3 Å². The molecule has 0 saturated heterocycles. The molecule has 94 valence electrons. The Kier molecular flexibility index (Phi) is 3.92. The number of rotatable bonds is 2. The lowest BCUT2D eigenvalue weighted by Crippen LogP contribution is -2.02. The Labute approximate surface area is 108 Å². The lowest BCUT2D eigenvalue weighted by Gasteiger charge is -2.04. The molecule has 0 unspecified atom stereocenters. The monoisotopic (exact) mass is 241 g/mol. The van der Waals surface area contributed by atoms with Crippen molar-refractivity contribution in [2.24, 2.45) is 0 Å². The summed E-state index contributed by atoms with van der Waals surface area (Å²) in [5, 5.41) is 3.15. The van der Waals surface area contributed by atoms with E-state index in [1.54, 1.807) is 0 Å². The van der Waals surface area contributed by atoms with Crippen molar-refractivity contribution in [3.05, 3.63) is 41.6 Å². The summed E-state index contributed by atoms with van der Waals surface area (Å²) in [7, 11) is 0. The van der Waals surface area contributed by atoms with Crippen molar-refractivity contribution in [2.45, 2.75) is 27.2 Å². The minimum atomic E-state index is 0.720. The number of anilines is 1. The highest BCUT2D eigenvalue weighted by molar-refractivity contribution is 5.73. The Morgan fingerprint density at radius 3 is 2.72 bits per heavy atom. The maximum absolute atomic E-state index is 4.56. The van der Waals surface area contributed by atoms with Crippen LogP contribution in [0.2, 0.25) is 0 Å². The number of hydrogen-bond acceptors (Lipinski definition) is 3. The van der Waals surface area contributed by atoms with Crippen LogP contribution in [0.15, 0.2) is 30.5 Å². The van der Waals surface area contributed by atoms with E-state index in [1.807, 2.05) is 27.0 Å². The summed E-state index contributed by atoms with van der Waals surface area (Å²) in [5.41, 5.74) is 4.91. The highest BCUT2D eigenvalue weighted by Gasteiger charge is 2.19. The van der Waals surface area contributed by atoms with Crippen LogP contribution < -0.4 is 5.32 Å². The van der Waals surface area contributed by atoms with E-state index in [4.69, 9.17) is 0 Å². The fourth-order valence-corrected chi connectivity index (χ4v) is 2.12. The second-order valence-electron chi connectivity index (χ2n) is 3.93. The van der Waals surface area contributed by atoms with Crippen LogP contribution in [0.1, 0.15) is 31.9 Å². The molecular formula is C15H19N3. The molecule has 1 heterocycles. The third kappa shape index (κ3) is 2.21. The van der Waals surface area contributed by atoms with Gasteiger partial charge in [-0.3, -0.25) is 0 Å². The molecule has 1 aromatic carbocycles. The summed E-state index contributed by atoms with van der Waals surface area (Å²) < 4.78 is 0. The molecule has 3 rings (SSSR count). The van der Waals surface area contributed by atoms with E-state index in [9.17, 15) is 0 Å². The first kappa shape index (κ1) is 12.6. The highest BCUT2D eigenvalue weighted by Crippen LogP contribution is 2.34. The minimum Gasteiger partial charge on any atom is -0.354 e. The van der Waals surface area contributed by atoms with Crippen LogP contribution in [0, 0.1) is 0 Å². The average molecular weight is 241 g/mol. The van der Waals surface area contributed by atoms with Gasteiger partial charge >= 0.3 is 0 Å². The Balaban J connectivity index is 0.000000574. The quantitative estimate of drug-likeness (QED) is 0.746. The Morgan fingerprint density at radius 2 is 1.94 bits per heavy atom. The SMILES string of the molecule is CC.CCNc1ncc2c(n1)-c1ccccc1C2. The summed E-state index contributed by atoms with van der Waals surface area (Å²) in [5.74, 6) is 0.720. The topological polar surface area (TPSA) is 37.8 Å². The third-order valence-corrected chi connectivity index (χ3v) is 2.85. The van der Waals surface area contributed by atoms with Crippen molar-refractivity contribution >= 4 is 5.95 Å². The lowest BCUT2D eigenvalue weighted by molar-refractivity contribution is 1.07. The number of nitrogens with zero attached hydrogens (tertiary/aromatic N) is 2. The molecule has 3 heteroatoms. The summed E-state index contributed by atoms with van der Waals surface area (Å²) in [6, 6.07) is 8.42. The number of fused-ring (bicyclic) bond motifs is 3. The van der Waals surface area contributed by atoms with Crippen LogP contribution in [0.5, 0.6) is 0 Å². The van der Waals surface area contributed by atoms with Crippen LogP contribution >= 0.6 is 0 Å². The molecule has 18 heavy (non-hydrogen) atoms. The molecule has 1 aliphatic rings. The van der Waals surface area contributed by atoms with Crippen LogP contribution in [-0.4, -0.2) is 16.5 Å². The van der Waals surface area contributed by atoms with E-state index >= 15 is 0 Å². The predicted molar refractivity (Wildman–Crippen MR) is 75.8 cm³/mol. The normalized spacial score (nSPS) is 11.1. The Bertz CT molecular complexity index is 535. The van der Waals surface area contributed by atoms with Gasteiger partial charge in [0, 0.05) is 30.3 Å². The maximum atomic E-state index is 4.56. The van der Waals surface area contributed by atoms with E-state index in [2.05, 4.69) is 39.6 Å². The van der Waals surface area contributed by atoms with Crippen molar-refractivity contribution in [1.29, 1.82) is 0 Å². The van der Waals surface area contributed by atoms with Gasteiger partial charge in [0.1, 0.15) is 0 Å². The van der Waals surface area contributed by atoms with Gasteiger partial charge in [0.25, 0.3) is 0 Å². The molecule has 3 nitrogen and oxygen atoms in total. The van der Waals surface area contributed by atoms with Crippen LogP contribution in [0.4, 0.5) is 5.95 Å². The predicted octanol–water partition coefficient (Wildman–Crippen LogP) is 3.51. The van der Waals surface area contributed by atoms with Gasteiger partial charge in [-0.15, -0.1) is 0 Å². The van der Waals surface area contributed by atoms with Gasteiger partial charge in [0.15, 0.2) is 0 Å². The second kappa shape index (κ2) is 5.63. The van der Waals surface area contributed by atoms with Gasteiger partial charge in [-0.05, 0) is 12.5 Å². The summed E-state index contributed by atoms with van der Waals surface area (Å²) in [6.45, 7) is 6.89. The zero-order valence-corrected chi connectivity index (χ0v) is 11.2. The number of hydrogen-bond donors (Lipinski definition) is 1. The minimum absolute atomic E-state index is 0.720. The first-order chi connectivity index (χ1) is 8.88. The van der Waals surface area contributed by atoms with Gasteiger partial charge in [0.05, 0.1) is 5.69 Å². The van der Waals surface area contributed by atoms with Gasteiger partial charge < -0.3 is 5.32 Å². The van der Waals surface area contributed by atoms with Crippen molar-refractivity contribution < 1.29 is 0 Å². The zero-order chi connectivity index (χ0) is 13.0. The molecule has 0 aliphatic heterocycles. The molecule has 0 bridgehead atoms. The highest BCUT2D eigenvalue weighted by atomic mass is 15.1. The number of nitrogens with one attached hydrogen (secondary N) is 1. The molecule has 0 radical (unpaired) electrons. The average Bonchev–Trinajstić information content (AvgIpc) is 2.80. The molecule has 0 amide bonds. The fraction of sp³-hybridized carbons (Fsp3) is 0.333. The van der Waals surface area contributed by atoms with Crippen LogP contribution in [0.25, 0.3) is 11.3 Å². The standard InChI is InChI=1S/C13H13N3.C2H6/c1-2-14-13-15-8-10-7-9-5-3-4-6-11(9)12(10)16-13;1-2/h3-6,8H,2,7H2,1H3,(H,14,15,16);1-2H3. The molecule has 2 aromatic rings. The molecule has 0 fully saturated rings. The fourth-order valence-electron chi connectivity index (χ4n) is 2.12. The first-order valence-corrected chi connectivity index (χ1v) is 6.56. The van der Waals surface area contributed by atoms with Gasteiger partial charge in [-0.25, -0.2) is 9.97 Å². The van der Waals surface area contributed by atoms with Gasteiger partial charge in [-0.1, -0.05) is 38.1 Å². The van der Waals surface area contributed by atoms with Crippen molar-refractivity contribution in [1.82, 2.24) is 9.97 Å². The lowest BCUT2D eigenvalue weighted by atomic mass is 10.1. The molecule has 1 aliphatic carbocycles. The summed E-state index contributed by atoms with van der Waals surface area (Å²) in [4.78, 5) is 8.86. The zero-order valence-electron chi connectivity index (χ0n) is 11.2. The molecular weight excluding hydrogens is 222 g/mol. The van der Waals surface area contributed by atoms with Gasteiger partial charge in [-0.2, -0.15) is 0 Å². The van der Waals surface area contributed by atoms with E-state index < -0.39 is 0 Å². The largest absolute Gasteiger partial charge is 0.354 e. The molecule has 0 atom stereocenters. The van der Waals surface area contributed by atoms with Crippen molar-refractivity contribution in [3.63, 3.8) is 0 Å². The van der Waals surface area contributed by atoms with Gasteiger partial charge in [0.2, 0.25) is 5.95 Å². The van der Waals surface area contributed by atoms with E-state index in [0.29, 0.717) is 0 Å². The summed E-state index contributed by atoms with van der Waals surface area (Å²) >= 11 is 0. The Hall–Kier alpha value is -1.90. The van der Waals surface area contributed by atoms with E-state index in [-0.39, 0.29) is 0 Å². The van der Waals surface area contributed by atoms with Crippen LogP contribution in [0.3, 0.4) is 0 Å². The first-order valence-electron chi connectivity index (χ1n) is 6.56. The third-order valence-electron chi connectivity index (χ3n) is 2.85. The van der Waals surface area contributed by atoms with E-state index in [0.717, 1.165) is 24.6 Å². The molecule has 0 saturated carbocycles. The number of aromatic nitrogens is 2. The molecule has 1 aromatic heterocycles.